The Morgan fingerprint density at radius 1 is 1.44 bits per heavy atom. The van der Waals surface area contributed by atoms with Crippen molar-refractivity contribution in [3.63, 3.8) is 0 Å². The van der Waals surface area contributed by atoms with Crippen LogP contribution in [0.15, 0.2) is 17.5 Å². The summed E-state index contributed by atoms with van der Waals surface area (Å²) in [6.45, 7) is 3.13. The Labute approximate surface area is 96.0 Å². The summed E-state index contributed by atoms with van der Waals surface area (Å²) in [5.41, 5.74) is -1.01. The van der Waals surface area contributed by atoms with Crippen molar-refractivity contribution in [1.29, 1.82) is 0 Å². The number of nitrogens with one attached hydrogen (secondary N) is 1. The lowest BCUT2D eigenvalue weighted by atomic mass is 10.1. The highest BCUT2D eigenvalue weighted by atomic mass is 32.1. The third kappa shape index (κ3) is 1.51. The fourth-order valence-corrected chi connectivity index (χ4v) is 2.10. The van der Waals surface area contributed by atoms with Gasteiger partial charge in [-0.25, -0.2) is 4.79 Å². The average Bonchev–Trinajstić information content (AvgIpc) is 2.74. The smallest absolute Gasteiger partial charge is 0.323 e. The molecule has 1 aliphatic rings. The number of thiophene rings is 1. The maximum Gasteiger partial charge on any atom is 0.332 e. The minimum Gasteiger partial charge on any atom is -0.323 e. The molecule has 0 unspecified atom stereocenters. The molecule has 1 aromatic heterocycles. The molecule has 1 aliphatic heterocycles. The molecule has 5 nitrogen and oxygen atoms in total. The van der Waals surface area contributed by atoms with E-state index in [0.29, 0.717) is 9.78 Å². The molecule has 0 aliphatic carbocycles. The molecule has 0 radical (unpaired) electrons. The number of urea groups is 1. The van der Waals surface area contributed by atoms with Crippen molar-refractivity contribution < 1.29 is 14.4 Å². The Balaban J connectivity index is 2.33. The number of hydrogen-bond donors (Lipinski definition) is 1. The van der Waals surface area contributed by atoms with Gasteiger partial charge < -0.3 is 5.32 Å². The molecule has 16 heavy (non-hydrogen) atoms. The first-order valence-electron chi connectivity index (χ1n) is 4.68. The van der Waals surface area contributed by atoms with Gasteiger partial charge in [0.1, 0.15) is 5.54 Å². The van der Waals surface area contributed by atoms with Crippen molar-refractivity contribution in [3.05, 3.63) is 22.4 Å². The van der Waals surface area contributed by atoms with Gasteiger partial charge in [-0.05, 0) is 25.3 Å². The van der Waals surface area contributed by atoms with Crippen LogP contribution in [0.1, 0.15) is 23.5 Å². The van der Waals surface area contributed by atoms with Crippen molar-refractivity contribution in [1.82, 2.24) is 10.2 Å². The molecule has 4 amide bonds. The molecule has 6 heteroatoms. The van der Waals surface area contributed by atoms with Crippen LogP contribution in [0.4, 0.5) is 4.79 Å². The van der Waals surface area contributed by atoms with Crippen molar-refractivity contribution in [3.8, 4) is 0 Å². The van der Waals surface area contributed by atoms with Gasteiger partial charge in [0, 0.05) is 0 Å². The zero-order valence-corrected chi connectivity index (χ0v) is 9.63. The predicted octanol–water partition coefficient (Wildman–Crippen LogP) is 1.22. The molecule has 1 N–H and O–H groups in total. The maximum atomic E-state index is 11.9. The highest BCUT2D eigenvalue weighted by molar-refractivity contribution is 7.12. The monoisotopic (exact) mass is 238 g/mol. The number of rotatable bonds is 1. The second-order valence-electron chi connectivity index (χ2n) is 3.98. The van der Waals surface area contributed by atoms with Gasteiger partial charge in [-0.1, -0.05) is 6.07 Å². The molecule has 2 rings (SSSR count). The molecule has 2 heterocycles. The van der Waals surface area contributed by atoms with E-state index in [4.69, 9.17) is 0 Å². The number of hydrogen-bond acceptors (Lipinski definition) is 4. The van der Waals surface area contributed by atoms with Crippen LogP contribution in [0.2, 0.25) is 0 Å². The van der Waals surface area contributed by atoms with Crippen LogP contribution in [0.5, 0.6) is 0 Å². The second kappa shape index (κ2) is 3.41. The summed E-state index contributed by atoms with van der Waals surface area (Å²) >= 11 is 1.20. The standard InChI is InChI=1S/C10H10N2O3S/c1-10(2)8(14)12(9(15)11-10)7(13)6-4-3-5-16-6/h3-5H,1-2H3,(H,11,15). The summed E-state index contributed by atoms with van der Waals surface area (Å²) in [5.74, 6) is -1.08. The van der Waals surface area contributed by atoms with Gasteiger partial charge >= 0.3 is 6.03 Å². The lowest BCUT2D eigenvalue weighted by Crippen LogP contribution is -2.41. The number of nitrogens with zero attached hydrogens (tertiary/aromatic N) is 1. The second-order valence-corrected chi connectivity index (χ2v) is 4.93. The van der Waals surface area contributed by atoms with Gasteiger partial charge in [-0.2, -0.15) is 4.90 Å². The van der Waals surface area contributed by atoms with E-state index in [0.717, 1.165) is 0 Å². The summed E-state index contributed by atoms with van der Waals surface area (Å²) in [6.07, 6.45) is 0. The van der Waals surface area contributed by atoms with Crippen molar-refractivity contribution >= 4 is 29.2 Å². The highest BCUT2D eigenvalue weighted by Gasteiger charge is 2.47. The van der Waals surface area contributed by atoms with Crippen LogP contribution in [0, 0.1) is 0 Å². The van der Waals surface area contributed by atoms with Gasteiger partial charge in [-0.15, -0.1) is 11.3 Å². The fraction of sp³-hybridized carbons (Fsp3) is 0.300. The van der Waals surface area contributed by atoms with Crippen molar-refractivity contribution in [2.45, 2.75) is 19.4 Å². The van der Waals surface area contributed by atoms with Gasteiger partial charge in [0.15, 0.2) is 0 Å². The number of carbonyl (C=O) groups excluding carboxylic acids is 3. The van der Waals surface area contributed by atoms with Crippen LogP contribution in [0.25, 0.3) is 0 Å². The third-order valence-corrected chi connectivity index (χ3v) is 3.15. The minimum atomic E-state index is -1.01. The summed E-state index contributed by atoms with van der Waals surface area (Å²) in [7, 11) is 0. The minimum absolute atomic E-state index is 0.376. The summed E-state index contributed by atoms with van der Waals surface area (Å²) in [6, 6.07) is 2.62. The number of amides is 4. The molecular formula is C10H10N2O3S. The first-order chi connectivity index (χ1) is 7.43. The number of carbonyl (C=O) groups is 3. The zero-order valence-electron chi connectivity index (χ0n) is 8.81. The molecule has 1 aromatic rings. The van der Waals surface area contributed by atoms with E-state index < -0.39 is 23.4 Å². The molecule has 0 saturated carbocycles. The first kappa shape index (κ1) is 10.8. The molecule has 1 fully saturated rings. The molecule has 0 aromatic carbocycles. The van der Waals surface area contributed by atoms with Crippen LogP contribution >= 0.6 is 11.3 Å². The van der Waals surface area contributed by atoms with E-state index in [1.807, 2.05) is 0 Å². The van der Waals surface area contributed by atoms with Crippen LogP contribution in [-0.4, -0.2) is 28.3 Å². The SMILES string of the molecule is CC1(C)NC(=O)N(C(=O)c2cccs2)C1=O. The van der Waals surface area contributed by atoms with E-state index in [2.05, 4.69) is 5.32 Å². The normalized spacial score (nSPS) is 18.8. The summed E-state index contributed by atoms with van der Waals surface area (Å²) in [5, 5.41) is 4.18. The van der Waals surface area contributed by atoms with E-state index in [9.17, 15) is 14.4 Å². The maximum absolute atomic E-state index is 11.9. The fourth-order valence-electron chi connectivity index (χ4n) is 1.44. The Bertz CT molecular complexity index is 464. The largest absolute Gasteiger partial charge is 0.332 e. The van der Waals surface area contributed by atoms with Gasteiger partial charge in [-0.3, -0.25) is 9.59 Å². The Morgan fingerprint density at radius 2 is 2.12 bits per heavy atom. The average molecular weight is 238 g/mol. The highest BCUT2D eigenvalue weighted by Crippen LogP contribution is 2.20. The Kier molecular flexibility index (Phi) is 2.31. The van der Waals surface area contributed by atoms with E-state index in [-0.39, 0.29) is 0 Å². The van der Waals surface area contributed by atoms with E-state index in [1.165, 1.54) is 11.3 Å². The lowest BCUT2D eigenvalue weighted by Gasteiger charge is -2.13. The van der Waals surface area contributed by atoms with Gasteiger partial charge in [0.25, 0.3) is 11.8 Å². The zero-order chi connectivity index (χ0) is 11.9. The van der Waals surface area contributed by atoms with Crippen molar-refractivity contribution in [2.75, 3.05) is 0 Å². The Morgan fingerprint density at radius 3 is 2.56 bits per heavy atom. The molecular weight excluding hydrogens is 228 g/mol. The van der Waals surface area contributed by atoms with Crippen LogP contribution in [-0.2, 0) is 4.79 Å². The molecule has 84 valence electrons. The van der Waals surface area contributed by atoms with Crippen molar-refractivity contribution in [2.24, 2.45) is 0 Å². The van der Waals surface area contributed by atoms with Crippen LogP contribution in [0.3, 0.4) is 0 Å². The topological polar surface area (TPSA) is 66.5 Å². The number of imide groups is 3. The quantitative estimate of drug-likeness (QED) is 0.591. The van der Waals surface area contributed by atoms with E-state index >= 15 is 0 Å². The van der Waals surface area contributed by atoms with Gasteiger partial charge in [0.05, 0.1) is 4.88 Å². The third-order valence-electron chi connectivity index (χ3n) is 2.30. The Hall–Kier alpha value is -1.69. The molecule has 0 bridgehead atoms. The first-order valence-corrected chi connectivity index (χ1v) is 5.56. The molecule has 0 atom stereocenters. The predicted molar refractivity (Wildman–Crippen MR) is 58.1 cm³/mol. The van der Waals surface area contributed by atoms with Gasteiger partial charge in [0.2, 0.25) is 0 Å². The lowest BCUT2D eigenvalue weighted by molar-refractivity contribution is -0.128. The molecule has 1 saturated heterocycles. The molecule has 0 spiro atoms. The summed E-state index contributed by atoms with van der Waals surface area (Å²) in [4.78, 5) is 36.2. The summed E-state index contributed by atoms with van der Waals surface area (Å²) < 4.78 is 0. The van der Waals surface area contributed by atoms with Crippen LogP contribution < -0.4 is 5.32 Å². The van der Waals surface area contributed by atoms with E-state index in [1.54, 1.807) is 31.4 Å².